The van der Waals surface area contributed by atoms with Crippen LogP contribution in [0.5, 0.6) is 0 Å². The van der Waals surface area contributed by atoms with E-state index in [2.05, 4.69) is 29.2 Å². The fourth-order valence-electron chi connectivity index (χ4n) is 3.84. The Hall–Kier alpha value is -2.75. The zero-order valence-corrected chi connectivity index (χ0v) is 24.9. The van der Waals surface area contributed by atoms with Gasteiger partial charge in [0.1, 0.15) is 24.2 Å². The van der Waals surface area contributed by atoms with Crippen molar-refractivity contribution in [2.45, 2.75) is 84.5 Å². The number of hydrogen-bond donors (Lipinski definition) is 2. The van der Waals surface area contributed by atoms with Crippen LogP contribution in [0, 0.1) is 5.92 Å². The zero-order valence-electron chi connectivity index (χ0n) is 24.0. The molecule has 0 aliphatic rings. The first-order chi connectivity index (χ1) is 17.8. The lowest BCUT2D eigenvalue weighted by Gasteiger charge is -2.38. The number of thioether (sulfide) groups is 1. The Morgan fingerprint density at radius 1 is 1.00 bits per heavy atom. The van der Waals surface area contributed by atoms with Crippen LogP contribution in [0.4, 0.5) is 4.79 Å². The van der Waals surface area contributed by atoms with E-state index in [0.29, 0.717) is 30.1 Å². The summed E-state index contributed by atoms with van der Waals surface area (Å²) in [5, 5.41) is 5.36. The van der Waals surface area contributed by atoms with E-state index in [4.69, 9.17) is 4.74 Å². The topological polar surface area (TPSA) is 114 Å². The third-order valence-electron chi connectivity index (χ3n) is 5.77. The predicted molar refractivity (Wildman–Crippen MR) is 151 cm³/mol. The highest BCUT2D eigenvalue weighted by Crippen LogP contribution is 2.28. The summed E-state index contributed by atoms with van der Waals surface area (Å²) in [6.45, 7) is 11.0. The van der Waals surface area contributed by atoms with Gasteiger partial charge in [-0.15, -0.1) is 0 Å². The van der Waals surface area contributed by atoms with Crippen LogP contribution in [-0.4, -0.2) is 72.1 Å². The Labute approximate surface area is 231 Å². The number of esters is 1. The summed E-state index contributed by atoms with van der Waals surface area (Å²) in [7, 11) is 1.24. The summed E-state index contributed by atoms with van der Waals surface area (Å²) in [6, 6.07) is 6.70. The summed E-state index contributed by atoms with van der Waals surface area (Å²) in [5.41, 5.74) is -0.137. The summed E-state index contributed by atoms with van der Waals surface area (Å²) in [4.78, 5) is 53.8. The highest BCUT2D eigenvalue weighted by molar-refractivity contribution is 7.98. The van der Waals surface area contributed by atoms with E-state index in [1.807, 2.05) is 19.2 Å². The number of nitrogens with one attached hydrogen (secondary N) is 2. The average Bonchev–Trinajstić information content (AvgIpc) is 2.85. The van der Waals surface area contributed by atoms with Crippen LogP contribution in [0.2, 0.25) is 0 Å². The lowest BCUT2D eigenvalue weighted by Crippen LogP contribution is -2.56. The molecule has 0 spiro atoms. The second-order valence-corrected chi connectivity index (χ2v) is 11.6. The molecule has 3 unspecified atom stereocenters. The number of amides is 3. The second-order valence-electron chi connectivity index (χ2n) is 10.7. The van der Waals surface area contributed by atoms with Crippen molar-refractivity contribution in [2.24, 2.45) is 5.92 Å². The van der Waals surface area contributed by atoms with E-state index in [1.165, 1.54) is 7.11 Å². The van der Waals surface area contributed by atoms with Crippen molar-refractivity contribution < 1.29 is 28.7 Å². The average molecular weight is 552 g/mol. The zero-order chi connectivity index (χ0) is 28.9. The Morgan fingerprint density at radius 3 is 2.16 bits per heavy atom. The SMILES string of the molecule is COC(=O)CNC(=O)C(c1ccccc1)N(C(=O)C(CCSC)NC(=O)OC(C)(C)C)C(C)CCC(C)C. The molecule has 0 radical (unpaired) electrons. The van der Waals surface area contributed by atoms with Gasteiger partial charge in [-0.1, -0.05) is 44.2 Å². The normalized spacial score (nSPS) is 13.7. The summed E-state index contributed by atoms with van der Waals surface area (Å²) >= 11 is 1.55. The van der Waals surface area contributed by atoms with Crippen LogP contribution >= 0.6 is 11.8 Å². The van der Waals surface area contributed by atoms with Gasteiger partial charge in [0, 0.05) is 6.04 Å². The largest absolute Gasteiger partial charge is 0.468 e. The third kappa shape index (κ3) is 11.8. The van der Waals surface area contributed by atoms with Gasteiger partial charge in [0.15, 0.2) is 0 Å². The number of carbonyl (C=O) groups excluding carboxylic acids is 4. The van der Waals surface area contributed by atoms with Crippen LogP contribution in [-0.2, 0) is 23.9 Å². The number of nitrogens with zero attached hydrogens (tertiary/aromatic N) is 1. The third-order valence-corrected chi connectivity index (χ3v) is 6.41. The fraction of sp³-hybridized carbons (Fsp3) is 0.643. The van der Waals surface area contributed by atoms with Gasteiger partial charge in [-0.2, -0.15) is 11.8 Å². The molecule has 2 N–H and O–H groups in total. The highest BCUT2D eigenvalue weighted by Gasteiger charge is 2.38. The van der Waals surface area contributed by atoms with Gasteiger partial charge in [0.25, 0.3) is 0 Å². The molecule has 0 fully saturated rings. The quantitative estimate of drug-likeness (QED) is 0.331. The van der Waals surface area contributed by atoms with Crippen LogP contribution in [0.25, 0.3) is 0 Å². The monoisotopic (exact) mass is 551 g/mol. The number of rotatable bonds is 14. The van der Waals surface area contributed by atoms with Gasteiger partial charge in [0.2, 0.25) is 11.8 Å². The molecule has 0 saturated heterocycles. The minimum atomic E-state index is -1.02. The molecular formula is C28H45N3O6S. The van der Waals surface area contributed by atoms with Crippen molar-refractivity contribution >= 4 is 35.6 Å². The Morgan fingerprint density at radius 2 is 1.63 bits per heavy atom. The first kappa shape index (κ1) is 33.3. The maximum Gasteiger partial charge on any atom is 0.408 e. The minimum Gasteiger partial charge on any atom is -0.468 e. The van der Waals surface area contributed by atoms with Crippen LogP contribution < -0.4 is 10.6 Å². The lowest BCUT2D eigenvalue weighted by molar-refractivity contribution is -0.146. The van der Waals surface area contributed by atoms with Crippen LogP contribution in [0.1, 0.15) is 72.4 Å². The Kier molecular flexibility index (Phi) is 14.2. The first-order valence-electron chi connectivity index (χ1n) is 13.0. The molecule has 1 aromatic rings. The number of benzene rings is 1. The van der Waals surface area contributed by atoms with E-state index in [-0.39, 0.29) is 18.5 Å². The van der Waals surface area contributed by atoms with Gasteiger partial charge in [-0.05, 0) is 70.4 Å². The molecule has 0 saturated carbocycles. The number of ether oxygens (including phenoxy) is 2. The molecule has 38 heavy (non-hydrogen) atoms. The van der Waals surface area contributed by atoms with Crippen LogP contribution in [0.3, 0.4) is 0 Å². The molecule has 10 heteroatoms. The van der Waals surface area contributed by atoms with Crippen molar-refractivity contribution in [3.8, 4) is 0 Å². The van der Waals surface area contributed by atoms with Crippen molar-refractivity contribution in [1.29, 1.82) is 0 Å². The minimum absolute atomic E-state index is 0.326. The number of alkyl carbamates (subject to hydrolysis) is 1. The fourth-order valence-corrected chi connectivity index (χ4v) is 4.31. The Balaban J connectivity index is 3.52. The van der Waals surface area contributed by atoms with Gasteiger partial charge in [-0.25, -0.2) is 4.79 Å². The molecule has 0 aliphatic heterocycles. The standard InChI is InChI=1S/C28H45N3O6S/c1-19(2)14-15-20(3)31(26(34)22(16-17-38-8)30-27(35)37-28(4,5)6)24(21-12-10-9-11-13-21)25(33)29-18-23(32)36-7/h9-13,19-20,22,24H,14-18H2,1-8H3,(H,29,33)(H,30,35). The summed E-state index contributed by atoms with van der Waals surface area (Å²) in [5.74, 6) is -0.481. The molecule has 0 bridgehead atoms. The smallest absolute Gasteiger partial charge is 0.408 e. The molecule has 0 heterocycles. The summed E-state index contributed by atoms with van der Waals surface area (Å²) < 4.78 is 10.1. The van der Waals surface area contributed by atoms with Gasteiger partial charge in [0.05, 0.1) is 7.11 Å². The van der Waals surface area contributed by atoms with Crippen molar-refractivity contribution in [3.63, 3.8) is 0 Å². The van der Waals surface area contributed by atoms with E-state index >= 15 is 0 Å². The number of hydrogen-bond acceptors (Lipinski definition) is 7. The lowest BCUT2D eigenvalue weighted by atomic mass is 9.97. The maximum atomic E-state index is 14.2. The van der Waals surface area contributed by atoms with E-state index in [1.54, 1.807) is 61.7 Å². The first-order valence-corrected chi connectivity index (χ1v) is 14.4. The molecule has 0 aliphatic carbocycles. The van der Waals surface area contributed by atoms with E-state index < -0.39 is 35.7 Å². The van der Waals surface area contributed by atoms with Crippen molar-refractivity contribution in [1.82, 2.24) is 15.5 Å². The van der Waals surface area contributed by atoms with Gasteiger partial charge < -0.3 is 25.0 Å². The van der Waals surface area contributed by atoms with Gasteiger partial charge in [-0.3, -0.25) is 14.4 Å². The molecule has 214 valence electrons. The Bertz CT molecular complexity index is 904. The summed E-state index contributed by atoms with van der Waals surface area (Å²) in [6.07, 6.45) is 3.07. The molecule has 3 atom stereocenters. The molecular weight excluding hydrogens is 506 g/mol. The molecule has 1 aromatic carbocycles. The molecule has 0 aromatic heterocycles. The van der Waals surface area contributed by atoms with E-state index in [0.717, 1.165) is 6.42 Å². The van der Waals surface area contributed by atoms with Crippen LogP contribution in [0.15, 0.2) is 30.3 Å². The van der Waals surface area contributed by atoms with Crippen molar-refractivity contribution in [2.75, 3.05) is 25.7 Å². The predicted octanol–water partition coefficient (Wildman–Crippen LogP) is 4.32. The highest BCUT2D eigenvalue weighted by atomic mass is 32.2. The van der Waals surface area contributed by atoms with Gasteiger partial charge >= 0.3 is 12.1 Å². The second kappa shape index (κ2) is 16.3. The van der Waals surface area contributed by atoms with Crippen molar-refractivity contribution in [3.05, 3.63) is 35.9 Å². The molecule has 1 rings (SSSR count). The maximum absolute atomic E-state index is 14.2. The van der Waals surface area contributed by atoms with E-state index in [9.17, 15) is 19.2 Å². The number of carbonyl (C=O) groups is 4. The molecule has 9 nitrogen and oxygen atoms in total. The molecule has 3 amide bonds. The number of methoxy groups -OCH3 is 1.